The van der Waals surface area contributed by atoms with Crippen molar-refractivity contribution in [3.8, 4) is 0 Å². The van der Waals surface area contributed by atoms with E-state index in [2.05, 4.69) is 47.8 Å². The van der Waals surface area contributed by atoms with Gasteiger partial charge in [-0.05, 0) is 92.0 Å². The van der Waals surface area contributed by atoms with E-state index in [0.29, 0.717) is 5.70 Å². The molecule has 2 aliphatic heterocycles. The number of hydrogen-bond acceptors (Lipinski definition) is 1. The summed E-state index contributed by atoms with van der Waals surface area (Å²) in [5, 5.41) is 0. The second-order valence-electron chi connectivity index (χ2n) is 8.41. The second kappa shape index (κ2) is 6.86. The first-order valence-corrected chi connectivity index (χ1v) is 11.4. The van der Waals surface area contributed by atoms with Gasteiger partial charge in [0.15, 0.2) is 11.3 Å². The van der Waals surface area contributed by atoms with Gasteiger partial charge in [0.2, 0.25) is 0 Å². The molecule has 1 fully saturated rings. The molecular weight excluding hydrogens is 480 g/mol. The Labute approximate surface area is 186 Å². The fourth-order valence-electron chi connectivity index (χ4n) is 5.40. The predicted octanol–water partition coefficient (Wildman–Crippen LogP) is 5.98. The molecule has 4 rings (SSSR count). The van der Waals surface area contributed by atoms with Gasteiger partial charge in [0, 0.05) is 20.5 Å². The zero-order valence-electron chi connectivity index (χ0n) is 17.9. The highest BCUT2D eigenvalue weighted by Gasteiger charge is 2.65. The highest BCUT2D eigenvalue weighted by molar-refractivity contribution is 14.1. The summed E-state index contributed by atoms with van der Waals surface area (Å²) in [4.78, 5) is 1.84. The molecule has 3 atom stereocenters. The fourth-order valence-corrected chi connectivity index (χ4v) is 5.76. The minimum Gasteiger partial charge on any atom is -0.393 e. The van der Waals surface area contributed by atoms with Gasteiger partial charge in [0.05, 0.1) is 11.7 Å². The van der Waals surface area contributed by atoms with Crippen LogP contribution in [0.3, 0.4) is 0 Å². The van der Waals surface area contributed by atoms with Crippen molar-refractivity contribution in [1.29, 1.82) is 0 Å². The third kappa shape index (κ3) is 2.63. The van der Waals surface area contributed by atoms with E-state index in [1.807, 2.05) is 36.6 Å². The molecule has 2 aromatic rings. The lowest BCUT2D eigenvalue weighted by Gasteiger charge is -2.34. The largest absolute Gasteiger partial charge is 0.396 e. The summed E-state index contributed by atoms with van der Waals surface area (Å²) in [7, 11) is 1.92. The van der Waals surface area contributed by atoms with Crippen LogP contribution in [0.2, 0.25) is 0 Å². The number of aromatic nitrogens is 1. The van der Waals surface area contributed by atoms with Crippen LogP contribution in [0.25, 0.3) is 5.57 Å². The number of benzene rings is 1. The minimum atomic E-state index is -2.09. The maximum Gasteiger partial charge on any atom is 0.396 e. The first kappa shape index (κ1) is 20.9. The van der Waals surface area contributed by atoms with E-state index in [0.717, 1.165) is 38.1 Å². The second-order valence-corrected chi connectivity index (χ2v) is 9.65. The number of allylic oxidation sites excluding steroid dienone is 1. The van der Waals surface area contributed by atoms with Gasteiger partial charge in [-0.3, -0.25) is 0 Å². The SMILES string of the molecule is CCc1c(C)c2n(c1C)[B]N1C(=C2c2ccc(I)cc2)C(C)(F)C(F)(CC)C1C. The van der Waals surface area contributed by atoms with Crippen LogP contribution in [0, 0.1) is 17.4 Å². The molecule has 0 aliphatic carbocycles. The van der Waals surface area contributed by atoms with Gasteiger partial charge in [-0.15, -0.1) is 0 Å². The molecule has 3 heterocycles. The van der Waals surface area contributed by atoms with Gasteiger partial charge in [-0.25, -0.2) is 8.78 Å². The van der Waals surface area contributed by atoms with Gasteiger partial charge in [-0.2, -0.15) is 0 Å². The van der Waals surface area contributed by atoms with Gasteiger partial charge < -0.3 is 9.29 Å². The first-order valence-electron chi connectivity index (χ1n) is 10.3. The molecule has 2 aliphatic rings. The minimum absolute atomic E-state index is 0.127. The van der Waals surface area contributed by atoms with Crippen molar-refractivity contribution in [3.63, 3.8) is 0 Å². The molecule has 29 heavy (non-hydrogen) atoms. The van der Waals surface area contributed by atoms with Crippen LogP contribution in [0.5, 0.6) is 0 Å². The number of nitrogens with zero attached hydrogens (tertiary/aromatic N) is 2. The molecule has 1 saturated heterocycles. The maximum absolute atomic E-state index is 16.4. The van der Waals surface area contributed by atoms with Crippen molar-refractivity contribution in [2.45, 2.75) is 71.8 Å². The molecule has 3 unspecified atom stereocenters. The number of halogens is 3. The summed E-state index contributed by atoms with van der Waals surface area (Å²) < 4.78 is 35.7. The predicted molar refractivity (Wildman–Crippen MR) is 125 cm³/mol. The molecule has 153 valence electrons. The molecule has 1 aromatic carbocycles. The molecule has 0 spiro atoms. The molecule has 0 amide bonds. The van der Waals surface area contributed by atoms with Crippen LogP contribution in [-0.4, -0.2) is 34.2 Å². The summed E-state index contributed by atoms with van der Waals surface area (Å²) in [5.74, 6) is 0. The molecule has 0 bridgehead atoms. The fraction of sp³-hybridized carbons (Fsp3) is 0.478. The van der Waals surface area contributed by atoms with E-state index in [1.54, 1.807) is 13.8 Å². The van der Waals surface area contributed by atoms with Crippen molar-refractivity contribution in [2.75, 3.05) is 0 Å². The third-order valence-corrected chi connectivity index (χ3v) is 7.84. The standard InChI is InChI=1S/C23H27BF2IN2/c1-7-18-13(3)20-19(16-9-11-17(27)12-10-16)21-22(6,25)23(26,8-2)15(5)29(21)24-28(20)14(18)4/h9-12,15H,7-8H2,1-6H3. The van der Waals surface area contributed by atoms with E-state index < -0.39 is 17.4 Å². The molecule has 0 saturated carbocycles. The Morgan fingerprint density at radius 1 is 1.14 bits per heavy atom. The molecular formula is C23H27BF2IN2. The Balaban J connectivity index is 2.11. The highest BCUT2D eigenvalue weighted by Crippen LogP contribution is 2.56. The normalized spacial score (nSPS) is 28.4. The van der Waals surface area contributed by atoms with Crippen molar-refractivity contribution >= 4 is 35.7 Å². The Hall–Kier alpha value is -1.31. The Bertz CT molecular complexity index is 1010. The van der Waals surface area contributed by atoms with Crippen LogP contribution in [-0.2, 0) is 6.42 Å². The number of alkyl halides is 2. The Morgan fingerprint density at radius 3 is 2.31 bits per heavy atom. The van der Waals surface area contributed by atoms with E-state index in [1.165, 1.54) is 12.5 Å². The Kier molecular flexibility index (Phi) is 4.95. The van der Waals surface area contributed by atoms with Gasteiger partial charge in [0.1, 0.15) is 0 Å². The number of rotatable bonds is 3. The summed E-state index contributed by atoms with van der Waals surface area (Å²) in [6.45, 7) is 11.3. The highest BCUT2D eigenvalue weighted by atomic mass is 127. The van der Waals surface area contributed by atoms with E-state index in [4.69, 9.17) is 0 Å². The van der Waals surface area contributed by atoms with E-state index >= 15 is 8.78 Å². The number of hydrogen-bond donors (Lipinski definition) is 0. The van der Waals surface area contributed by atoms with Crippen LogP contribution in [0.15, 0.2) is 30.0 Å². The summed E-state index contributed by atoms with van der Waals surface area (Å²) in [6, 6.07) is 7.51. The molecule has 0 N–H and O–H groups in total. The summed E-state index contributed by atoms with van der Waals surface area (Å²) >= 11 is 2.27. The summed E-state index contributed by atoms with van der Waals surface area (Å²) in [5.41, 5.74) is 2.71. The van der Waals surface area contributed by atoms with Crippen molar-refractivity contribution < 1.29 is 8.78 Å². The molecule has 2 nitrogen and oxygen atoms in total. The lowest BCUT2D eigenvalue weighted by Crippen LogP contribution is -2.48. The van der Waals surface area contributed by atoms with E-state index in [-0.39, 0.29) is 6.42 Å². The Morgan fingerprint density at radius 2 is 1.76 bits per heavy atom. The van der Waals surface area contributed by atoms with Crippen molar-refractivity contribution in [1.82, 2.24) is 9.29 Å². The zero-order valence-corrected chi connectivity index (χ0v) is 20.1. The maximum atomic E-state index is 16.4. The van der Waals surface area contributed by atoms with Crippen LogP contribution < -0.4 is 0 Å². The third-order valence-electron chi connectivity index (χ3n) is 7.12. The van der Waals surface area contributed by atoms with Gasteiger partial charge in [0.25, 0.3) is 0 Å². The van der Waals surface area contributed by atoms with Gasteiger partial charge in [-0.1, -0.05) is 26.0 Å². The van der Waals surface area contributed by atoms with Gasteiger partial charge >= 0.3 is 7.55 Å². The molecule has 1 radical (unpaired) electrons. The smallest absolute Gasteiger partial charge is 0.393 e. The van der Waals surface area contributed by atoms with Crippen molar-refractivity contribution in [3.05, 3.63) is 61.6 Å². The van der Waals surface area contributed by atoms with Crippen LogP contribution >= 0.6 is 22.6 Å². The monoisotopic (exact) mass is 507 g/mol. The van der Waals surface area contributed by atoms with Crippen molar-refractivity contribution in [2.24, 2.45) is 0 Å². The molecule has 1 aromatic heterocycles. The van der Waals surface area contributed by atoms with Crippen LogP contribution in [0.4, 0.5) is 8.78 Å². The summed E-state index contributed by atoms with van der Waals surface area (Å²) in [6.07, 6.45) is 1.04. The molecule has 6 heteroatoms. The average Bonchev–Trinajstić information content (AvgIpc) is 3.03. The lowest BCUT2D eigenvalue weighted by atomic mass is 9.80. The first-order chi connectivity index (χ1) is 13.6. The zero-order chi connectivity index (χ0) is 21.3. The number of fused-ring (bicyclic) bond motifs is 2. The average molecular weight is 507 g/mol. The van der Waals surface area contributed by atoms with Crippen LogP contribution in [0.1, 0.15) is 62.2 Å². The lowest BCUT2D eigenvalue weighted by molar-refractivity contribution is 0.00334. The quantitative estimate of drug-likeness (QED) is 0.367. The van der Waals surface area contributed by atoms with E-state index in [9.17, 15) is 0 Å². The topological polar surface area (TPSA) is 8.17 Å².